The van der Waals surface area contributed by atoms with Crippen molar-refractivity contribution in [3.63, 3.8) is 0 Å². The van der Waals surface area contributed by atoms with E-state index in [2.05, 4.69) is 4.98 Å². The van der Waals surface area contributed by atoms with Crippen molar-refractivity contribution in [2.24, 2.45) is 7.05 Å². The number of ether oxygens (including phenoxy) is 1. The number of nitrogens with zero attached hydrogens (tertiary/aromatic N) is 2. The van der Waals surface area contributed by atoms with Gasteiger partial charge in [0, 0.05) is 25.9 Å². The lowest BCUT2D eigenvalue weighted by molar-refractivity contribution is 0.198. The molecule has 0 amide bonds. The second kappa shape index (κ2) is 5.84. The Hall–Kier alpha value is -1.88. The van der Waals surface area contributed by atoms with Crippen molar-refractivity contribution in [1.82, 2.24) is 9.55 Å². The number of aliphatic hydroxyl groups excluding tert-OH is 1. The number of hydrogen-bond donors (Lipinski definition) is 1. The largest absolute Gasteiger partial charge is 0.490 e. The van der Waals surface area contributed by atoms with Crippen LogP contribution < -0.4 is 4.74 Å². The fourth-order valence-electron chi connectivity index (χ4n) is 1.78. The van der Waals surface area contributed by atoms with E-state index in [1.54, 1.807) is 19.2 Å². The van der Waals surface area contributed by atoms with E-state index in [4.69, 9.17) is 4.74 Å². The summed E-state index contributed by atoms with van der Waals surface area (Å²) in [5, 5.41) is 9.35. The third-order valence-corrected chi connectivity index (χ3v) is 2.94. The zero-order valence-electron chi connectivity index (χ0n) is 11.0. The standard InChI is InChI=1S/C14H17FN2O2/c1-10(18)11-3-4-13(12(15)9-11)19-8-5-14-16-6-7-17(14)2/h3-4,6-7,9-10,18H,5,8H2,1-2H3. The third kappa shape index (κ3) is 3.32. The van der Waals surface area contributed by atoms with Crippen LogP contribution in [0.2, 0.25) is 0 Å². The number of rotatable bonds is 5. The molecule has 0 saturated heterocycles. The molecule has 5 heteroatoms. The number of imidazole rings is 1. The number of hydrogen-bond acceptors (Lipinski definition) is 3. The summed E-state index contributed by atoms with van der Waals surface area (Å²) < 4.78 is 21.0. The van der Waals surface area contributed by atoms with Crippen LogP contribution in [0.3, 0.4) is 0 Å². The van der Waals surface area contributed by atoms with Crippen LogP contribution in [0.15, 0.2) is 30.6 Å². The molecule has 1 aromatic carbocycles. The van der Waals surface area contributed by atoms with Gasteiger partial charge in [0.2, 0.25) is 0 Å². The lowest BCUT2D eigenvalue weighted by atomic mass is 10.1. The summed E-state index contributed by atoms with van der Waals surface area (Å²) in [6.45, 7) is 1.95. The molecular weight excluding hydrogens is 247 g/mol. The molecular formula is C14H17FN2O2. The molecule has 1 atom stereocenters. The number of halogens is 1. The van der Waals surface area contributed by atoms with Crippen LogP contribution >= 0.6 is 0 Å². The summed E-state index contributed by atoms with van der Waals surface area (Å²) in [5.41, 5.74) is 0.536. The summed E-state index contributed by atoms with van der Waals surface area (Å²) >= 11 is 0. The van der Waals surface area contributed by atoms with Crippen molar-refractivity contribution >= 4 is 0 Å². The highest BCUT2D eigenvalue weighted by atomic mass is 19.1. The van der Waals surface area contributed by atoms with Gasteiger partial charge in [-0.2, -0.15) is 0 Å². The second-order valence-corrected chi connectivity index (χ2v) is 4.42. The van der Waals surface area contributed by atoms with E-state index in [-0.39, 0.29) is 5.75 Å². The maximum Gasteiger partial charge on any atom is 0.165 e. The molecule has 0 bridgehead atoms. The van der Waals surface area contributed by atoms with Gasteiger partial charge >= 0.3 is 0 Å². The molecule has 0 aliphatic rings. The predicted octanol–water partition coefficient (Wildman–Crippen LogP) is 2.23. The van der Waals surface area contributed by atoms with Crippen molar-refractivity contribution in [2.45, 2.75) is 19.4 Å². The van der Waals surface area contributed by atoms with Gasteiger partial charge in [0.15, 0.2) is 11.6 Å². The molecule has 0 aliphatic carbocycles. The lowest BCUT2D eigenvalue weighted by Crippen LogP contribution is -2.07. The minimum absolute atomic E-state index is 0.193. The topological polar surface area (TPSA) is 47.3 Å². The Morgan fingerprint density at radius 3 is 2.84 bits per heavy atom. The van der Waals surface area contributed by atoms with Crippen molar-refractivity contribution in [3.05, 3.63) is 47.8 Å². The quantitative estimate of drug-likeness (QED) is 0.901. The molecule has 102 valence electrons. The van der Waals surface area contributed by atoms with Crippen molar-refractivity contribution in [3.8, 4) is 5.75 Å². The van der Waals surface area contributed by atoms with Gasteiger partial charge < -0.3 is 14.4 Å². The fourth-order valence-corrected chi connectivity index (χ4v) is 1.78. The highest BCUT2D eigenvalue weighted by Gasteiger charge is 2.08. The van der Waals surface area contributed by atoms with E-state index in [1.807, 2.05) is 17.8 Å². The highest BCUT2D eigenvalue weighted by molar-refractivity contribution is 5.30. The first-order chi connectivity index (χ1) is 9.08. The minimum Gasteiger partial charge on any atom is -0.490 e. The van der Waals surface area contributed by atoms with E-state index in [0.29, 0.717) is 18.6 Å². The number of aliphatic hydroxyl groups is 1. The van der Waals surface area contributed by atoms with Crippen LogP contribution in [0.25, 0.3) is 0 Å². The molecule has 1 N–H and O–H groups in total. The van der Waals surface area contributed by atoms with E-state index in [0.717, 1.165) is 5.82 Å². The summed E-state index contributed by atoms with van der Waals surface area (Å²) in [6, 6.07) is 4.49. The van der Waals surface area contributed by atoms with Crippen molar-refractivity contribution in [2.75, 3.05) is 6.61 Å². The normalized spacial score (nSPS) is 12.4. The first kappa shape index (κ1) is 13.5. The molecule has 1 unspecified atom stereocenters. The monoisotopic (exact) mass is 264 g/mol. The maximum absolute atomic E-state index is 13.7. The number of benzene rings is 1. The molecule has 2 aromatic rings. The molecule has 0 spiro atoms. The number of aromatic nitrogens is 2. The number of aryl methyl sites for hydroxylation is 1. The third-order valence-electron chi connectivity index (χ3n) is 2.94. The van der Waals surface area contributed by atoms with Gasteiger partial charge in [-0.15, -0.1) is 0 Å². The van der Waals surface area contributed by atoms with E-state index in [9.17, 15) is 9.50 Å². The first-order valence-corrected chi connectivity index (χ1v) is 6.14. The zero-order chi connectivity index (χ0) is 13.8. The first-order valence-electron chi connectivity index (χ1n) is 6.14. The van der Waals surface area contributed by atoms with Crippen LogP contribution in [-0.2, 0) is 13.5 Å². The summed E-state index contributed by atoms with van der Waals surface area (Å²) in [7, 11) is 1.90. The Bertz CT molecular complexity index is 552. The highest BCUT2D eigenvalue weighted by Crippen LogP contribution is 2.22. The molecule has 0 fully saturated rings. The molecule has 19 heavy (non-hydrogen) atoms. The van der Waals surface area contributed by atoms with E-state index in [1.165, 1.54) is 12.1 Å². The fraction of sp³-hybridized carbons (Fsp3) is 0.357. The lowest BCUT2D eigenvalue weighted by Gasteiger charge is -2.10. The van der Waals surface area contributed by atoms with Gasteiger partial charge in [-0.3, -0.25) is 0 Å². The molecule has 1 heterocycles. The van der Waals surface area contributed by atoms with Gasteiger partial charge in [0.25, 0.3) is 0 Å². The van der Waals surface area contributed by atoms with Crippen molar-refractivity contribution in [1.29, 1.82) is 0 Å². The summed E-state index contributed by atoms with van der Waals surface area (Å²) in [6.07, 6.45) is 3.50. The molecule has 0 radical (unpaired) electrons. The minimum atomic E-state index is -0.684. The molecule has 4 nitrogen and oxygen atoms in total. The van der Waals surface area contributed by atoms with Gasteiger partial charge in [-0.1, -0.05) is 6.07 Å². The Labute approximate surface area is 111 Å². The molecule has 0 saturated carbocycles. The van der Waals surface area contributed by atoms with E-state index >= 15 is 0 Å². The summed E-state index contributed by atoms with van der Waals surface area (Å²) in [5.74, 6) is 0.623. The maximum atomic E-state index is 13.7. The Kier molecular flexibility index (Phi) is 4.16. The van der Waals surface area contributed by atoms with Crippen LogP contribution in [0.1, 0.15) is 24.4 Å². The van der Waals surface area contributed by atoms with Gasteiger partial charge in [0.1, 0.15) is 5.82 Å². The average Bonchev–Trinajstić information content (AvgIpc) is 2.77. The smallest absolute Gasteiger partial charge is 0.165 e. The van der Waals surface area contributed by atoms with Crippen molar-refractivity contribution < 1.29 is 14.2 Å². The second-order valence-electron chi connectivity index (χ2n) is 4.42. The zero-order valence-corrected chi connectivity index (χ0v) is 11.0. The van der Waals surface area contributed by atoms with Crippen LogP contribution in [0.5, 0.6) is 5.75 Å². The molecule has 1 aromatic heterocycles. The van der Waals surface area contributed by atoms with Crippen LogP contribution in [0.4, 0.5) is 4.39 Å². The van der Waals surface area contributed by atoms with Crippen LogP contribution in [-0.4, -0.2) is 21.3 Å². The Balaban J connectivity index is 1.95. The Morgan fingerprint density at radius 1 is 1.47 bits per heavy atom. The van der Waals surface area contributed by atoms with E-state index < -0.39 is 11.9 Å². The summed E-state index contributed by atoms with van der Waals surface area (Å²) in [4.78, 5) is 4.16. The van der Waals surface area contributed by atoms with Gasteiger partial charge in [0.05, 0.1) is 12.7 Å². The van der Waals surface area contributed by atoms with Gasteiger partial charge in [-0.25, -0.2) is 9.37 Å². The predicted molar refractivity (Wildman–Crippen MR) is 69.4 cm³/mol. The molecule has 2 rings (SSSR count). The van der Waals surface area contributed by atoms with Crippen LogP contribution in [0, 0.1) is 5.82 Å². The average molecular weight is 264 g/mol. The van der Waals surface area contributed by atoms with Gasteiger partial charge in [-0.05, 0) is 24.6 Å². The SMILES string of the molecule is CC(O)c1ccc(OCCc2nccn2C)c(F)c1. The molecule has 0 aliphatic heterocycles. The Morgan fingerprint density at radius 2 is 2.26 bits per heavy atom.